The summed E-state index contributed by atoms with van der Waals surface area (Å²) in [6, 6.07) is 0. The maximum absolute atomic E-state index is 2.30. The quantitative estimate of drug-likeness (QED) is 0.327. The molecule has 0 atom stereocenters. The van der Waals surface area contributed by atoms with Crippen LogP contribution < -0.4 is 24.0 Å². The van der Waals surface area contributed by atoms with Gasteiger partial charge < -0.3 is 28.5 Å². The molecule has 1 aliphatic rings. The third kappa shape index (κ3) is 2.31. The average molecular weight is 227 g/mol. The first-order valence-electron chi connectivity index (χ1n) is 3.03. The summed E-state index contributed by atoms with van der Waals surface area (Å²) in [4.78, 5) is 0. The number of quaternary nitrogens is 1. The zero-order valence-electron chi connectivity index (χ0n) is 5.65. The summed E-state index contributed by atoms with van der Waals surface area (Å²) in [5, 5.41) is 0. The molecule has 0 aromatic rings. The Hall–Kier alpha value is 0.690. The molecule has 8 heavy (non-hydrogen) atoms. The van der Waals surface area contributed by atoms with Crippen molar-refractivity contribution < 1.29 is 28.5 Å². The largest absolute Gasteiger partial charge is 1.00 e. The van der Waals surface area contributed by atoms with Crippen molar-refractivity contribution in [3.63, 3.8) is 0 Å². The predicted octanol–water partition coefficient (Wildman–Crippen LogP) is -2.14. The number of rotatable bonds is 0. The Morgan fingerprint density at radius 2 is 1.38 bits per heavy atom. The van der Waals surface area contributed by atoms with Crippen molar-refractivity contribution in [2.45, 2.75) is 12.8 Å². The molecule has 0 aliphatic carbocycles. The van der Waals surface area contributed by atoms with E-state index in [1.807, 2.05) is 0 Å². The van der Waals surface area contributed by atoms with Crippen molar-refractivity contribution in [3.05, 3.63) is 0 Å². The second kappa shape index (κ2) is 3.01. The number of hydrogen-bond donors (Lipinski definition) is 0. The third-order valence-electron chi connectivity index (χ3n) is 1.78. The van der Waals surface area contributed by atoms with E-state index in [0.717, 1.165) is 0 Å². The molecule has 0 amide bonds. The number of likely N-dealkylation sites (tertiary alicyclic amines) is 1. The number of nitrogens with zero attached hydrogens (tertiary/aromatic N) is 1. The van der Waals surface area contributed by atoms with E-state index in [-0.39, 0.29) is 24.0 Å². The molecule has 0 unspecified atom stereocenters. The highest BCUT2D eigenvalue weighted by molar-refractivity contribution is 4.46. The van der Waals surface area contributed by atoms with Crippen LogP contribution in [0.3, 0.4) is 0 Å². The molecule has 2 heteroatoms. The monoisotopic (exact) mass is 227 g/mol. The van der Waals surface area contributed by atoms with Crippen molar-refractivity contribution >= 4 is 0 Å². The van der Waals surface area contributed by atoms with Crippen LogP contribution in [0.2, 0.25) is 0 Å². The second-order valence-electron chi connectivity index (χ2n) is 3.09. The van der Waals surface area contributed by atoms with Crippen LogP contribution in [-0.2, 0) is 0 Å². The summed E-state index contributed by atoms with van der Waals surface area (Å²) in [5.41, 5.74) is 0. The summed E-state index contributed by atoms with van der Waals surface area (Å²) < 4.78 is 1.25. The van der Waals surface area contributed by atoms with Crippen LogP contribution in [0.15, 0.2) is 0 Å². The van der Waals surface area contributed by atoms with Crippen LogP contribution in [0, 0.1) is 0 Å². The van der Waals surface area contributed by atoms with Crippen molar-refractivity contribution in [1.29, 1.82) is 0 Å². The van der Waals surface area contributed by atoms with Crippen LogP contribution >= 0.6 is 0 Å². The fourth-order valence-corrected chi connectivity index (χ4v) is 1.19. The van der Waals surface area contributed by atoms with Gasteiger partial charge in [-0.1, -0.05) is 0 Å². The van der Waals surface area contributed by atoms with E-state index in [1.54, 1.807) is 0 Å². The minimum Gasteiger partial charge on any atom is -1.00 e. The lowest BCUT2D eigenvalue weighted by atomic mass is 10.4. The van der Waals surface area contributed by atoms with Gasteiger partial charge in [0.25, 0.3) is 0 Å². The molecule has 0 radical (unpaired) electrons. The molecule has 0 bridgehead atoms. The SMILES string of the molecule is C[N+]1(C)CCCC1.[I-]. The molecule has 1 nitrogen and oxygen atoms in total. The van der Waals surface area contributed by atoms with E-state index in [4.69, 9.17) is 0 Å². The molecular formula is C6H14IN. The van der Waals surface area contributed by atoms with E-state index < -0.39 is 0 Å². The summed E-state index contributed by atoms with van der Waals surface area (Å²) in [5.74, 6) is 0. The molecule has 50 valence electrons. The molecule has 0 saturated carbocycles. The first-order valence-corrected chi connectivity index (χ1v) is 3.03. The van der Waals surface area contributed by atoms with Crippen molar-refractivity contribution in [2.24, 2.45) is 0 Å². The maximum Gasteiger partial charge on any atom is 0.0784 e. The third-order valence-corrected chi connectivity index (χ3v) is 1.78. The van der Waals surface area contributed by atoms with E-state index in [1.165, 1.54) is 30.4 Å². The fourth-order valence-electron chi connectivity index (χ4n) is 1.19. The van der Waals surface area contributed by atoms with E-state index in [2.05, 4.69) is 14.1 Å². The molecule has 0 spiro atoms. The van der Waals surface area contributed by atoms with Crippen LogP contribution in [0.25, 0.3) is 0 Å². The maximum atomic E-state index is 2.30. The Morgan fingerprint density at radius 1 is 1.00 bits per heavy atom. The van der Waals surface area contributed by atoms with Crippen LogP contribution in [0.4, 0.5) is 0 Å². The van der Waals surface area contributed by atoms with Gasteiger partial charge in [-0.3, -0.25) is 0 Å². The van der Waals surface area contributed by atoms with Crippen molar-refractivity contribution in [1.82, 2.24) is 0 Å². The summed E-state index contributed by atoms with van der Waals surface area (Å²) >= 11 is 0. The standard InChI is InChI=1S/C6H14N.HI/c1-7(2)5-3-4-6-7;/h3-6H2,1-2H3;1H/q+1;/p-1. The molecule has 0 aromatic heterocycles. The van der Waals surface area contributed by atoms with Crippen LogP contribution in [0.1, 0.15) is 12.8 Å². The molecular weight excluding hydrogens is 213 g/mol. The highest BCUT2D eigenvalue weighted by Gasteiger charge is 2.19. The lowest BCUT2D eigenvalue weighted by Crippen LogP contribution is -3.00. The molecule has 1 saturated heterocycles. The summed E-state index contributed by atoms with van der Waals surface area (Å²) in [6.45, 7) is 2.78. The zero-order valence-corrected chi connectivity index (χ0v) is 7.81. The first-order chi connectivity index (χ1) is 3.21. The van der Waals surface area contributed by atoms with Gasteiger partial charge in [0.2, 0.25) is 0 Å². The van der Waals surface area contributed by atoms with E-state index in [9.17, 15) is 0 Å². The first kappa shape index (κ1) is 8.69. The molecule has 1 rings (SSSR count). The van der Waals surface area contributed by atoms with E-state index in [0.29, 0.717) is 0 Å². The second-order valence-corrected chi connectivity index (χ2v) is 3.09. The van der Waals surface area contributed by atoms with Crippen LogP contribution in [0.5, 0.6) is 0 Å². The zero-order chi connectivity index (χ0) is 5.33. The van der Waals surface area contributed by atoms with Gasteiger partial charge in [-0.25, -0.2) is 0 Å². The Bertz CT molecular complexity index is 62.9. The topological polar surface area (TPSA) is 0 Å². The minimum absolute atomic E-state index is 0. The van der Waals surface area contributed by atoms with Gasteiger partial charge in [-0.05, 0) is 0 Å². The Labute approximate surface area is 68.7 Å². The van der Waals surface area contributed by atoms with Crippen molar-refractivity contribution in [2.75, 3.05) is 27.2 Å². The minimum atomic E-state index is 0. The Kier molecular flexibility index (Phi) is 3.27. The molecule has 1 fully saturated rings. The smallest absolute Gasteiger partial charge is 0.0784 e. The van der Waals surface area contributed by atoms with E-state index >= 15 is 0 Å². The highest BCUT2D eigenvalue weighted by atomic mass is 127. The molecule has 1 aliphatic heterocycles. The average Bonchev–Trinajstić information content (AvgIpc) is 1.84. The number of halogens is 1. The van der Waals surface area contributed by atoms with Crippen LogP contribution in [-0.4, -0.2) is 31.7 Å². The lowest BCUT2D eigenvalue weighted by Gasteiger charge is -2.21. The molecule has 1 heterocycles. The van der Waals surface area contributed by atoms with Gasteiger partial charge in [0.15, 0.2) is 0 Å². The normalized spacial score (nSPS) is 24.8. The van der Waals surface area contributed by atoms with Gasteiger partial charge >= 0.3 is 0 Å². The van der Waals surface area contributed by atoms with Gasteiger partial charge in [-0.15, -0.1) is 0 Å². The predicted molar refractivity (Wildman–Crippen MR) is 31.1 cm³/mol. The Morgan fingerprint density at radius 3 is 1.50 bits per heavy atom. The lowest BCUT2D eigenvalue weighted by molar-refractivity contribution is -0.877. The van der Waals surface area contributed by atoms with Gasteiger partial charge in [0.1, 0.15) is 0 Å². The Balaban J connectivity index is 0.000000490. The van der Waals surface area contributed by atoms with Gasteiger partial charge in [-0.2, -0.15) is 0 Å². The summed E-state index contributed by atoms with van der Waals surface area (Å²) in [6.07, 6.45) is 2.88. The van der Waals surface area contributed by atoms with Gasteiger partial charge in [0.05, 0.1) is 27.2 Å². The summed E-state index contributed by atoms with van der Waals surface area (Å²) in [7, 11) is 4.60. The van der Waals surface area contributed by atoms with Crippen molar-refractivity contribution in [3.8, 4) is 0 Å². The highest BCUT2D eigenvalue weighted by Crippen LogP contribution is 2.11. The fraction of sp³-hybridized carbons (Fsp3) is 1.00. The molecule has 0 aromatic carbocycles. The van der Waals surface area contributed by atoms with Gasteiger partial charge in [0, 0.05) is 12.8 Å². The molecule has 0 N–H and O–H groups in total. The number of hydrogen-bond acceptors (Lipinski definition) is 0.